The van der Waals surface area contributed by atoms with Crippen molar-refractivity contribution in [2.45, 2.75) is 9.79 Å². The summed E-state index contributed by atoms with van der Waals surface area (Å²) in [7, 11) is 2.19. The number of hydrogen-bond acceptors (Lipinski definition) is 2. The highest BCUT2D eigenvalue weighted by Crippen LogP contribution is 2.50. The maximum atomic E-state index is 2.44. The first-order chi connectivity index (χ1) is 32.1. The Hall–Kier alpha value is -8.05. The predicted molar refractivity (Wildman–Crippen MR) is 277 cm³/mol. The monoisotopic (exact) mass is 845 g/mol. The Morgan fingerprint density at radius 1 is 0.323 bits per heavy atom. The largest absolute Gasteiger partial charge is 0.343 e. The Labute approximate surface area is 380 Å². The summed E-state index contributed by atoms with van der Waals surface area (Å²) in [5.74, 6) is 0. The summed E-state index contributed by atoms with van der Waals surface area (Å²) in [5, 5.41) is 12.6. The average Bonchev–Trinajstić information content (AvgIpc) is 3.88. The Balaban J connectivity index is 0.852. The van der Waals surface area contributed by atoms with Gasteiger partial charge in [-0.3, -0.25) is 0 Å². The predicted octanol–water partition coefficient (Wildman–Crippen LogP) is 16.9. The van der Waals surface area contributed by atoms with Crippen LogP contribution in [0.2, 0.25) is 0 Å². The van der Waals surface area contributed by atoms with Crippen molar-refractivity contribution in [1.82, 2.24) is 9.13 Å². The van der Waals surface area contributed by atoms with Crippen LogP contribution in [0.25, 0.3) is 110 Å². The van der Waals surface area contributed by atoms with Crippen LogP contribution >= 0.6 is 11.8 Å². The van der Waals surface area contributed by atoms with Gasteiger partial charge in [-0.25, -0.2) is 0 Å². The average molecular weight is 846 g/mol. The summed E-state index contributed by atoms with van der Waals surface area (Å²) in [6, 6.07) is 80.9. The topological polar surface area (TPSA) is 13.1 Å². The molecule has 0 radical (unpaired) electrons. The van der Waals surface area contributed by atoms with E-state index in [4.69, 9.17) is 0 Å². The lowest BCUT2D eigenvalue weighted by atomic mass is 9.98. The normalized spacial score (nSPS) is 12.6. The van der Waals surface area contributed by atoms with Crippen molar-refractivity contribution in [2.24, 2.45) is 0 Å². The molecule has 11 aromatic carbocycles. The molecule has 0 bridgehead atoms. The molecule has 0 saturated heterocycles. The zero-order valence-corrected chi connectivity index (χ0v) is 36.4. The standard InChI is InChI=1S/C61H39N3S/c1-62-56-29-24-41(36-59(56)65-60-37-43(25-30-57(60)62)48-19-11-13-38-12-5-6-16-47(38)48)39-23-28-55-52(35-39)49-17-7-9-20-53(49)64(55)46-27-22-40-34-51-42(32-44(40)33-46)26-31-58-61(51)50-18-8-10-21-54(50)63(58)45-14-3-2-4-15-45/h2-37H,1H3. The van der Waals surface area contributed by atoms with Gasteiger partial charge in [0, 0.05) is 49.8 Å². The van der Waals surface area contributed by atoms with Crippen LogP contribution in [0.5, 0.6) is 0 Å². The molecule has 3 heterocycles. The second-order valence-corrected chi connectivity index (χ2v) is 18.5. The van der Waals surface area contributed by atoms with Crippen LogP contribution in [-0.4, -0.2) is 16.2 Å². The SMILES string of the molecule is CN1c2ccc(-c3ccc4c(c3)c3ccccc3n4-c3ccc4cc5c(ccc6c5c5ccccc5n6-c5ccccc5)cc4c3)cc2Sc2cc(-c3cccc4ccccc34)ccc21. The van der Waals surface area contributed by atoms with Crippen molar-refractivity contribution in [3.63, 3.8) is 0 Å². The van der Waals surface area contributed by atoms with Gasteiger partial charge in [-0.1, -0.05) is 139 Å². The smallest absolute Gasteiger partial charge is 0.0550 e. The first-order valence-electron chi connectivity index (χ1n) is 22.3. The molecule has 0 spiro atoms. The number of hydrogen-bond donors (Lipinski definition) is 0. The molecule has 0 fully saturated rings. The maximum Gasteiger partial charge on any atom is 0.0550 e. The van der Waals surface area contributed by atoms with Gasteiger partial charge in [0.05, 0.1) is 33.4 Å². The molecule has 0 saturated carbocycles. The fourth-order valence-electron chi connectivity index (χ4n) is 10.8. The Morgan fingerprint density at radius 2 is 0.938 bits per heavy atom. The zero-order valence-electron chi connectivity index (χ0n) is 35.5. The number of aromatic nitrogens is 2. The third-order valence-corrected chi connectivity index (χ3v) is 14.9. The van der Waals surface area contributed by atoms with Gasteiger partial charge in [-0.15, -0.1) is 0 Å². The van der Waals surface area contributed by atoms with E-state index >= 15 is 0 Å². The molecule has 13 aromatic rings. The summed E-state index contributed by atoms with van der Waals surface area (Å²) in [6.45, 7) is 0. The number of anilines is 2. The summed E-state index contributed by atoms with van der Waals surface area (Å²) in [6.07, 6.45) is 0. The molecule has 304 valence electrons. The quantitative estimate of drug-likeness (QED) is 0.164. The highest BCUT2D eigenvalue weighted by atomic mass is 32.2. The molecule has 4 heteroatoms. The molecule has 1 aliphatic heterocycles. The number of para-hydroxylation sites is 3. The van der Waals surface area contributed by atoms with Crippen LogP contribution in [0, 0.1) is 0 Å². The number of rotatable bonds is 4. The van der Waals surface area contributed by atoms with E-state index in [1.54, 1.807) is 0 Å². The fourth-order valence-corrected chi connectivity index (χ4v) is 12.0. The second kappa shape index (κ2) is 14.0. The molecule has 0 atom stereocenters. The van der Waals surface area contributed by atoms with Gasteiger partial charge in [0.15, 0.2) is 0 Å². The van der Waals surface area contributed by atoms with Crippen LogP contribution in [0.3, 0.4) is 0 Å². The number of nitrogens with zero attached hydrogens (tertiary/aromatic N) is 3. The lowest BCUT2D eigenvalue weighted by molar-refractivity contribution is 1.11. The van der Waals surface area contributed by atoms with Crippen LogP contribution in [0.1, 0.15) is 0 Å². The van der Waals surface area contributed by atoms with Crippen LogP contribution in [0.15, 0.2) is 228 Å². The third-order valence-electron chi connectivity index (χ3n) is 13.8. The minimum Gasteiger partial charge on any atom is -0.343 e. The highest BCUT2D eigenvalue weighted by Gasteiger charge is 2.23. The maximum absolute atomic E-state index is 2.44. The van der Waals surface area contributed by atoms with E-state index < -0.39 is 0 Å². The lowest BCUT2D eigenvalue weighted by Gasteiger charge is -2.30. The van der Waals surface area contributed by atoms with Crippen molar-refractivity contribution >= 4 is 99.1 Å². The lowest BCUT2D eigenvalue weighted by Crippen LogP contribution is -2.14. The van der Waals surface area contributed by atoms with Gasteiger partial charge in [0.1, 0.15) is 0 Å². The Kier molecular flexibility index (Phi) is 7.83. The molecule has 1 aliphatic rings. The second-order valence-electron chi connectivity index (χ2n) is 17.4. The molecular weight excluding hydrogens is 807 g/mol. The minimum absolute atomic E-state index is 1.16. The molecule has 0 amide bonds. The number of fused-ring (bicyclic) bond motifs is 12. The minimum atomic E-state index is 1.16. The molecule has 0 aliphatic carbocycles. The van der Waals surface area contributed by atoms with Gasteiger partial charge in [-0.05, 0) is 146 Å². The van der Waals surface area contributed by atoms with E-state index in [0.29, 0.717) is 0 Å². The van der Waals surface area contributed by atoms with E-state index in [1.165, 1.54) is 125 Å². The van der Waals surface area contributed by atoms with Crippen molar-refractivity contribution in [2.75, 3.05) is 11.9 Å². The van der Waals surface area contributed by atoms with Crippen molar-refractivity contribution in [3.8, 4) is 33.6 Å². The summed E-state index contributed by atoms with van der Waals surface area (Å²) >= 11 is 1.87. The van der Waals surface area contributed by atoms with E-state index in [-0.39, 0.29) is 0 Å². The van der Waals surface area contributed by atoms with Gasteiger partial charge >= 0.3 is 0 Å². The van der Waals surface area contributed by atoms with Crippen molar-refractivity contribution in [1.29, 1.82) is 0 Å². The van der Waals surface area contributed by atoms with Gasteiger partial charge in [0.25, 0.3) is 0 Å². The molecular formula is C61H39N3S. The number of benzene rings is 11. The van der Waals surface area contributed by atoms with E-state index in [9.17, 15) is 0 Å². The third kappa shape index (κ3) is 5.51. The first-order valence-corrected chi connectivity index (χ1v) is 23.1. The van der Waals surface area contributed by atoms with Crippen LogP contribution in [0.4, 0.5) is 11.4 Å². The Morgan fingerprint density at radius 3 is 1.78 bits per heavy atom. The van der Waals surface area contributed by atoms with Gasteiger partial charge < -0.3 is 14.0 Å². The van der Waals surface area contributed by atoms with E-state index in [0.717, 1.165) is 5.69 Å². The fraction of sp³-hybridized carbons (Fsp3) is 0.0164. The molecule has 14 rings (SSSR count). The summed E-state index contributed by atoms with van der Waals surface area (Å²) < 4.78 is 4.84. The molecule has 3 nitrogen and oxygen atoms in total. The zero-order chi connectivity index (χ0) is 42.8. The van der Waals surface area contributed by atoms with E-state index in [2.05, 4.69) is 239 Å². The molecule has 2 aromatic heterocycles. The van der Waals surface area contributed by atoms with Crippen LogP contribution in [-0.2, 0) is 0 Å². The van der Waals surface area contributed by atoms with Crippen molar-refractivity contribution < 1.29 is 0 Å². The first kappa shape index (κ1) is 36.4. The molecule has 0 N–H and O–H groups in total. The van der Waals surface area contributed by atoms with Crippen molar-refractivity contribution in [3.05, 3.63) is 218 Å². The summed E-state index contributed by atoms with van der Waals surface area (Å²) in [5.41, 5.74) is 14.6. The summed E-state index contributed by atoms with van der Waals surface area (Å²) in [4.78, 5) is 4.88. The van der Waals surface area contributed by atoms with Gasteiger partial charge in [-0.2, -0.15) is 0 Å². The van der Waals surface area contributed by atoms with E-state index in [1.807, 2.05) is 11.8 Å². The Bertz CT molecular complexity index is 4110. The van der Waals surface area contributed by atoms with Crippen LogP contribution < -0.4 is 4.90 Å². The molecule has 0 unspecified atom stereocenters. The highest BCUT2D eigenvalue weighted by molar-refractivity contribution is 7.99. The van der Waals surface area contributed by atoms with Gasteiger partial charge in [0.2, 0.25) is 0 Å². The molecule has 65 heavy (non-hydrogen) atoms.